The summed E-state index contributed by atoms with van der Waals surface area (Å²) in [7, 11) is 3.20. The van der Waals surface area contributed by atoms with Gasteiger partial charge in [0.25, 0.3) is 5.91 Å². The Bertz CT molecular complexity index is 1080. The molecule has 1 unspecified atom stereocenters. The standard InChI is InChI=1S/C24H22N2O4S/c1-29-20-10-6-16(7-11-20)23(28)25-18-5-3-4-17(14-18)24-26(22(27)15-31-24)19-8-12-21(30-2)13-9-19/h3-14,24H,15H2,1-2H3,(H,25,28). The van der Waals surface area contributed by atoms with E-state index in [0.717, 1.165) is 17.0 Å². The van der Waals surface area contributed by atoms with E-state index in [9.17, 15) is 9.59 Å². The number of ether oxygens (including phenoxy) is 2. The van der Waals surface area contributed by atoms with E-state index < -0.39 is 0 Å². The number of hydrogen-bond acceptors (Lipinski definition) is 5. The third-order valence-electron chi connectivity index (χ3n) is 5.00. The van der Waals surface area contributed by atoms with Crippen molar-refractivity contribution in [3.63, 3.8) is 0 Å². The van der Waals surface area contributed by atoms with Crippen molar-refractivity contribution < 1.29 is 19.1 Å². The zero-order valence-corrected chi connectivity index (χ0v) is 18.0. The van der Waals surface area contributed by atoms with Crippen LogP contribution in [0.3, 0.4) is 0 Å². The van der Waals surface area contributed by atoms with Gasteiger partial charge in [-0.3, -0.25) is 14.5 Å². The Kier molecular flexibility index (Phi) is 6.13. The molecule has 6 nitrogen and oxygen atoms in total. The summed E-state index contributed by atoms with van der Waals surface area (Å²) in [4.78, 5) is 27.0. The molecule has 0 aromatic heterocycles. The van der Waals surface area contributed by atoms with Crippen LogP contribution in [0.4, 0.5) is 11.4 Å². The molecule has 158 valence electrons. The lowest BCUT2D eigenvalue weighted by molar-refractivity contribution is -0.115. The second kappa shape index (κ2) is 9.14. The van der Waals surface area contributed by atoms with E-state index in [-0.39, 0.29) is 17.2 Å². The third kappa shape index (κ3) is 4.51. The maximum atomic E-state index is 12.6. The second-order valence-corrected chi connectivity index (χ2v) is 8.00. The van der Waals surface area contributed by atoms with Crippen molar-refractivity contribution in [2.75, 3.05) is 30.2 Å². The highest BCUT2D eigenvalue weighted by atomic mass is 32.2. The Hall–Kier alpha value is -3.45. The number of nitrogens with zero attached hydrogens (tertiary/aromatic N) is 1. The highest BCUT2D eigenvalue weighted by molar-refractivity contribution is 8.00. The molecule has 31 heavy (non-hydrogen) atoms. The molecule has 1 heterocycles. The third-order valence-corrected chi connectivity index (χ3v) is 6.21. The zero-order valence-electron chi connectivity index (χ0n) is 17.2. The number of amides is 2. The normalized spacial score (nSPS) is 15.6. The molecule has 0 saturated carbocycles. The van der Waals surface area contributed by atoms with Crippen molar-refractivity contribution in [1.82, 2.24) is 0 Å². The number of nitrogens with one attached hydrogen (secondary N) is 1. The van der Waals surface area contributed by atoms with Gasteiger partial charge in [0.2, 0.25) is 5.91 Å². The molecule has 0 spiro atoms. The first-order chi connectivity index (χ1) is 15.1. The summed E-state index contributed by atoms with van der Waals surface area (Å²) in [6, 6.07) is 22.0. The summed E-state index contributed by atoms with van der Waals surface area (Å²) in [5.41, 5.74) is 2.97. The lowest BCUT2D eigenvalue weighted by atomic mass is 10.1. The number of methoxy groups -OCH3 is 2. The van der Waals surface area contributed by atoms with Crippen LogP contribution in [-0.4, -0.2) is 31.8 Å². The van der Waals surface area contributed by atoms with Gasteiger partial charge in [-0.25, -0.2) is 0 Å². The molecule has 2 amide bonds. The maximum Gasteiger partial charge on any atom is 0.255 e. The Morgan fingerprint density at radius 2 is 1.61 bits per heavy atom. The Labute approximate surface area is 185 Å². The van der Waals surface area contributed by atoms with E-state index in [0.29, 0.717) is 22.8 Å². The average Bonchev–Trinajstić information content (AvgIpc) is 3.20. The van der Waals surface area contributed by atoms with Gasteiger partial charge in [-0.05, 0) is 66.2 Å². The van der Waals surface area contributed by atoms with E-state index in [1.54, 1.807) is 55.1 Å². The van der Waals surface area contributed by atoms with Gasteiger partial charge < -0.3 is 14.8 Å². The molecule has 7 heteroatoms. The molecule has 4 rings (SSSR count). The first-order valence-corrected chi connectivity index (χ1v) is 10.8. The number of benzene rings is 3. The predicted molar refractivity (Wildman–Crippen MR) is 123 cm³/mol. The second-order valence-electron chi connectivity index (χ2n) is 6.93. The molecule has 1 saturated heterocycles. The van der Waals surface area contributed by atoms with Gasteiger partial charge >= 0.3 is 0 Å². The summed E-state index contributed by atoms with van der Waals surface area (Å²) < 4.78 is 10.4. The molecule has 3 aromatic rings. The van der Waals surface area contributed by atoms with E-state index in [1.807, 2.05) is 48.5 Å². The zero-order chi connectivity index (χ0) is 21.8. The first kappa shape index (κ1) is 20.8. The molecule has 1 N–H and O–H groups in total. The highest BCUT2D eigenvalue weighted by Gasteiger charge is 2.34. The number of rotatable bonds is 6. The fraction of sp³-hybridized carbons (Fsp3) is 0.167. The number of thioether (sulfide) groups is 1. The molecule has 3 aromatic carbocycles. The van der Waals surface area contributed by atoms with Crippen LogP contribution in [0.25, 0.3) is 0 Å². The van der Waals surface area contributed by atoms with Crippen molar-refractivity contribution in [2.24, 2.45) is 0 Å². The van der Waals surface area contributed by atoms with Gasteiger partial charge in [-0.1, -0.05) is 12.1 Å². The van der Waals surface area contributed by atoms with Gasteiger partial charge in [0, 0.05) is 16.9 Å². The van der Waals surface area contributed by atoms with Crippen molar-refractivity contribution >= 4 is 35.0 Å². The van der Waals surface area contributed by atoms with Crippen molar-refractivity contribution in [3.8, 4) is 11.5 Å². The van der Waals surface area contributed by atoms with E-state index in [1.165, 1.54) is 0 Å². The summed E-state index contributed by atoms with van der Waals surface area (Å²) in [6.45, 7) is 0. The van der Waals surface area contributed by atoms with Crippen LogP contribution < -0.4 is 19.7 Å². The molecule has 0 radical (unpaired) electrons. The lowest BCUT2D eigenvalue weighted by Gasteiger charge is -2.25. The van der Waals surface area contributed by atoms with Crippen molar-refractivity contribution in [2.45, 2.75) is 5.37 Å². The molecule has 0 bridgehead atoms. The molecule has 1 atom stereocenters. The molecule has 0 aliphatic carbocycles. The van der Waals surface area contributed by atoms with Crippen LogP contribution in [0.5, 0.6) is 11.5 Å². The van der Waals surface area contributed by atoms with Crippen LogP contribution in [0.1, 0.15) is 21.3 Å². The monoisotopic (exact) mass is 434 g/mol. The van der Waals surface area contributed by atoms with Gasteiger partial charge in [-0.2, -0.15) is 0 Å². The number of anilines is 2. The Morgan fingerprint density at radius 3 is 2.26 bits per heavy atom. The highest BCUT2D eigenvalue weighted by Crippen LogP contribution is 2.42. The largest absolute Gasteiger partial charge is 0.497 e. The van der Waals surface area contributed by atoms with Crippen LogP contribution in [-0.2, 0) is 4.79 Å². The maximum absolute atomic E-state index is 12.6. The molecule has 1 aliphatic heterocycles. The summed E-state index contributed by atoms with van der Waals surface area (Å²) in [5.74, 6) is 1.68. The van der Waals surface area contributed by atoms with Crippen LogP contribution in [0, 0.1) is 0 Å². The number of hydrogen-bond donors (Lipinski definition) is 1. The van der Waals surface area contributed by atoms with Gasteiger partial charge in [-0.15, -0.1) is 11.8 Å². The predicted octanol–water partition coefficient (Wildman–Crippen LogP) is 4.73. The fourth-order valence-corrected chi connectivity index (χ4v) is 4.58. The van der Waals surface area contributed by atoms with E-state index >= 15 is 0 Å². The molecular formula is C24H22N2O4S. The average molecular weight is 435 g/mol. The summed E-state index contributed by atoms with van der Waals surface area (Å²) >= 11 is 1.56. The van der Waals surface area contributed by atoms with E-state index in [4.69, 9.17) is 9.47 Å². The van der Waals surface area contributed by atoms with E-state index in [2.05, 4.69) is 5.32 Å². The molecule has 1 fully saturated rings. The summed E-state index contributed by atoms with van der Waals surface area (Å²) in [6.07, 6.45) is 0. The van der Waals surface area contributed by atoms with Crippen LogP contribution in [0.2, 0.25) is 0 Å². The summed E-state index contributed by atoms with van der Waals surface area (Å²) in [5, 5.41) is 2.76. The van der Waals surface area contributed by atoms with Gasteiger partial charge in [0.05, 0.1) is 20.0 Å². The quantitative estimate of drug-likeness (QED) is 0.607. The van der Waals surface area contributed by atoms with Crippen molar-refractivity contribution in [1.29, 1.82) is 0 Å². The minimum absolute atomic E-state index is 0.0489. The topological polar surface area (TPSA) is 67.9 Å². The minimum Gasteiger partial charge on any atom is -0.497 e. The SMILES string of the molecule is COc1ccc(C(=O)Nc2cccc(C3SCC(=O)N3c3ccc(OC)cc3)c2)cc1. The van der Waals surface area contributed by atoms with Gasteiger partial charge in [0.15, 0.2) is 0 Å². The van der Waals surface area contributed by atoms with Crippen LogP contribution >= 0.6 is 11.8 Å². The number of carbonyl (C=O) groups is 2. The molecular weight excluding hydrogens is 412 g/mol. The fourth-order valence-electron chi connectivity index (χ4n) is 3.41. The minimum atomic E-state index is -0.207. The molecule has 1 aliphatic rings. The Balaban J connectivity index is 1.54. The van der Waals surface area contributed by atoms with Crippen LogP contribution in [0.15, 0.2) is 72.8 Å². The number of carbonyl (C=O) groups excluding carboxylic acids is 2. The smallest absolute Gasteiger partial charge is 0.255 e. The first-order valence-electron chi connectivity index (χ1n) is 9.72. The van der Waals surface area contributed by atoms with Gasteiger partial charge in [0.1, 0.15) is 16.9 Å². The van der Waals surface area contributed by atoms with Crippen molar-refractivity contribution in [3.05, 3.63) is 83.9 Å². The lowest BCUT2D eigenvalue weighted by Crippen LogP contribution is -2.27. The Morgan fingerprint density at radius 1 is 0.968 bits per heavy atom.